The number of benzene rings is 1. The number of thiophene rings is 1. The van der Waals surface area contributed by atoms with Gasteiger partial charge in [-0.3, -0.25) is 4.79 Å². The van der Waals surface area contributed by atoms with E-state index in [9.17, 15) is 4.79 Å². The van der Waals surface area contributed by atoms with Gasteiger partial charge in [-0.25, -0.2) is 9.97 Å². The zero-order valence-corrected chi connectivity index (χ0v) is 20.6. The van der Waals surface area contributed by atoms with Crippen LogP contribution in [0.2, 0.25) is 0 Å². The smallest absolute Gasteiger partial charge is 0.326 e. The second-order valence-corrected chi connectivity index (χ2v) is 9.77. The molecule has 0 amide bonds. The van der Waals surface area contributed by atoms with Gasteiger partial charge in [0.1, 0.15) is 10.4 Å². The predicted molar refractivity (Wildman–Crippen MR) is 132 cm³/mol. The first-order chi connectivity index (χ1) is 16.5. The zero-order valence-electron chi connectivity index (χ0n) is 19.7. The second-order valence-electron chi connectivity index (χ2n) is 8.88. The highest BCUT2D eigenvalue weighted by Gasteiger charge is 2.51. The largest absolute Gasteiger partial charge is 0.465 e. The van der Waals surface area contributed by atoms with E-state index in [1.807, 2.05) is 42.8 Å². The summed E-state index contributed by atoms with van der Waals surface area (Å²) in [4.78, 5) is 25.9. The number of hydrogen-bond donors (Lipinski definition) is 1. The number of nitrogens with one attached hydrogen (secondary N) is 1. The minimum absolute atomic E-state index is 0.0142. The van der Waals surface area contributed by atoms with Gasteiger partial charge in [-0.05, 0) is 55.8 Å². The van der Waals surface area contributed by atoms with E-state index >= 15 is 0 Å². The maximum Gasteiger partial charge on any atom is 0.326 e. The molecule has 180 valence electrons. The lowest BCUT2D eigenvalue weighted by Gasteiger charge is -2.49. The van der Waals surface area contributed by atoms with Crippen molar-refractivity contribution in [1.82, 2.24) is 15.3 Å². The van der Waals surface area contributed by atoms with Gasteiger partial charge in [0, 0.05) is 36.6 Å². The fourth-order valence-corrected chi connectivity index (χ4v) is 5.71. The van der Waals surface area contributed by atoms with Crippen LogP contribution in [-0.2, 0) is 16.0 Å². The van der Waals surface area contributed by atoms with Gasteiger partial charge in [-0.2, -0.15) is 0 Å². The lowest BCUT2D eigenvalue weighted by Crippen LogP contribution is -2.67. The third-order valence-electron chi connectivity index (χ3n) is 7.12. The van der Waals surface area contributed by atoms with Gasteiger partial charge in [0.25, 0.3) is 0 Å². The summed E-state index contributed by atoms with van der Waals surface area (Å²) in [5.74, 6) is 2.06. The van der Waals surface area contributed by atoms with Crippen LogP contribution in [0.25, 0.3) is 10.2 Å². The predicted octanol–water partition coefficient (Wildman–Crippen LogP) is 3.79. The molecule has 1 N–H and O–H groups in total. The molecule has 0 aliphatic carbocycles. The Morgan fingerprint density at radius 1 is 1.29 bits per heavy atom. The third kappa shape index (κ3) is 4.07. The van der Waals surface area contributed by atoms with E-state index in [4.69, 9.17) is 19.2 Å². The monoisotopic (exact) mass is 482 g/mol. The minimum Gasteiger partial charge on any atom is -0.465 e. The maximum atomic E-state index is 13.3. The number of ether oxygens (including phenoxy) is 3. The molecule has 1 aromatic carbocycles. The van der Waals surface area contributed by atoms with Crippen molar-refractivity contribution < 1.29 is 19.0 Å². The Labute approximate surface area is 203 Å². The molecule has 9 heteroatoms. The number of fused-ring (bicyclic) bond motifs is 2. The Kier molecular flexibility index (Phi) is 6.31. The molecule has 2 aliphatic heterocycles. The summed E-state index contributed by atoms with van der Waals surface area (Å²) in [7, 11) is 0. The van der Waals surface area contributed by atoms with Crippen LogP contribution in [0.1, 0.15) is 32.8 Å². The first-order valence-electron chi connectivity index (χ1n) is 11.8. The normalized spacial score (nSPS) is 23.9. The van der Waals surface area contributed by atoms with Crippen LogP contribution in [0.4, 0.5) is 5.95 Å². The van der Waals surface area contributed by atoms with E-state index in [2.05, 4.69) is 29.0 Å². The van der Waals surface area contributed by atoms with E-state index in [0.717, 1.165) is 33.7 Å². The molecule has 3 atom stereocenters. The van der Waals surface area contributed by atoms with E-state index in [1.54, 1.807) is 11.3 Å². The van der Waals surface area contributed by atoms with Crippen LogP contribution in [0.3, 0.4) is 0 Å². The Balaban J connectivity index is 1.33. The summed E-state index contributed by atoms with van der Waals surface area (Å²) in [5.41, 5.74) is 0.363. The lowest BCUT2D eigenvalue weighted by atomic mass is 9.74. The number of carbonyl (C=O) groups is 1. The Morgan fingerprint density at radius 3 is 3.00 bits per heavy atom. The number of nitrogens with zero attached hydrogens (tertiary/aromatic N) is 3. The van der Waals surface area contributed by atoms with Gasteiger partial charge in [0.05, 0.1) is 6.61 Å². The minimum atomic E-state index is -0.769. The SMILES string of the molecule is CCOC(=O)C1(NCCc2ccc3c(c2)OCO3)CCN(c2ncc3ccsc3n2)C(C)C1C. The van der Waals surface area contributed by atoms with Crippen molar-refractivity contribution in [3.8, 4) is 11.5 Å². The molecule has 4 heterocycles. The first-order valence-corrected chi connectivity index (χ1v) is 12.7. The topological polar surface area (TPSA) is 85.8 Å². The number of aromatic nitrogens is 2. The Bertz CT molecular complexity index is 1180. The van der Waals surface area contributed by atoms with Crippen LogP contribution in [-0.4, -0.2) is 54.0 Å². The molecule has 1 saturated heterocycles. The number of anilines is 1. The van der Waals surface area contributed by atoms with Crippen molar-refractivity contribution in [2.45, 2.75) is 45.2 Å². The van der Waals surface area contributed by atoms with Crippen molar-refractivity contribution in [3.63, 3.8) is 0 Å². The quantitative estimate of drug-likeness (QED) is 0.509. The number of esters is 1. The van der Waals surface area contributed by atoms with Crippen molar-refractivity contribution >= 4 is 33.5 Å². The second kappa shape index (κ2) is 9.38. The molecule has 2 aliphatic rings. The molecule has 34 heavy (non-hydrogen) atoms. The Hall–Kier alpha value is -2.91. The first kappa shape index (κ1) is 22.9. The summed E-state index contributed by atoms with van der Waals surface area (Å²) >= 11 is 1.61. The molecule has 3 aromatic rings. The highest BCUT2D eigenvalue weighted by atomic mass is 32.1. The Morgan fingerprint density at radius 2 is 2.15 bits per heavy atom. The van der Waals surface area contributed by atoms with E-state index < -0.39 is 5.54 Å². The fourth-order valence-electron chi connectivity index (χ4n) is 4.97. The third-order valence-corrected chi connectivity index (χ3v) is 7.94. The molecule has 5 rings (SSSR count). The number of piperidine rings is 1. The van der Waals surface area contributed by atoms with Crippen molar-refractivity contribution in [1.29, 1.82) is 0 Å². The van der Waals surface area contributed by atoms with Crippen LogP contribution in [0.15, 0.2) is 35.8 Å². The average Bonchev–Trinajstić information content (AvgIpc) is 3.50. The van der Waals surface area contributed by atoms with Gasteiger partial charge in [-0.15, -0.1) is 11.3 Å². The van der Waals surface area contributed by atoms with Gasteiger partial charge < -0.3 is 24.4 Å². The van der Waals surface area contributed by atoms with Crippen LogP contribution < -0.4 is 19.7 Å². The summed E-state index contributed by atoms with van der Waals surface area (Å²) in [5, 5.41) is 6.68. The molecule has 2 aromatic heterocycles. The van der Waals surface area contributed by atoms with Crippen molar-refractivity contribution in [2.75, 3.05) is 31.4 Å². The summed E-state index contributed by atoms with van der Waals surface area (Å²) < 4.78 is 16.5. The molecule has 1 fully saturated rings. The van der Waals surface area contributed by atoms with Crippen molar-refractivity contribution in [3.05, 3.63) is 41.4 Å². The van der Waals surface area contributed by atoms with Gasteiger partial charge in [-0.1, -0.05) is 13.0 Å². The molecule has 8 nitrogen and oxygen atoms in total. The summed E-state index contributed by atoms with van der Waals surface area (Å²) in [6.45, 7) is 8.03. The average molecular weight is 483 g/mol. The fraction of sp³-hybridized carbons (Fsp3) is 0.480. The molecule has 0 radical (unpaired) electrons. The van der Waals surface area contributed by atoms with E-state index in [0.29, 0.717) is 32.1 Å². The molecule has 0 saturated carbocycles. The maximum absolute atomic E-state index is 13.3. The highest BCUT2D eigenvalue weighted by molar-refractivity contribution is 7.16. The van der Waals surface area contributed by atoms with Crippen molar-refractivity contribution in [2.24, 2.45) is 5.92 Å². The van der Waals surface area contributed by atoms with E-state index in [1.165, 1.54) is 0 Å². The molecule has 3 unspecified atom stereocenters. The van der Waals surface area contributed by atoms with Crippen LogP contribution in [0.5, 0.6) is 11.5 Å². The molecule has 0 spiro atoms. The zero-order chi connectivity index (χ0) is 23.7. The van der Waals surface area contributed by atoms with Gasteiger partial charge in [0.15, 0.2) is 11.5 Å². The molecular formula is C25H30N4O4S. The van der Waals surface area contributed by atoms with Crippen LogP contribution >= 0.6 is 11.3 Å². The van der Waals surface area contributed by atoms with Gasteiger partial charge in [0.2, 0.25) is 12.7 Å². The lowest BCUT2D eigenvalue weighted by molar-refractivity contribution is -0.155. The number of carbonyl (C=O) groups excluding carboxylic acids is 1. The summed E-state index contributed by atoms with van der Waals surface area (Å²) in [6.07, 6.45) is 3.26. The van der Waals surface area contributed by atoms with E-state index in [-0.39, 0.29) is 24.7 Å². The van der Waals surface area contributed by atoms with Gasteiger partial charge >= 0.3 is 5.97 Å². The molecule has 0 bridgehead atoms. The molecular weight excluding hydrogens is 452 g/mol. The number of hydrogen-bond acceptors (Lipinski definition) is 9. The van der Waals surface area contributed by atoms with Crippen LogP contribution in [0, 0.1) is 5.92 Å². The highest BCUT2D eigenvalue weighted by Crippen LogP contribution is 2.37. The number of rotatable bonds is 7. The standard InChI is InChI=1S/C25H30N4O4S/c1-4-31-23(30)25(27-10-7-18-5-6-20-21(13-18)33-15-32-20)9-11-29(17(3)16(25)2)24-26-14-19-8-12-34-22(19)28-24/h5-6,8,12-14,16-17,27H,4,7,9-11,15H2,1-3H3. The summed E-state index contributed by atoms with van der Waals surface area (Å²) in [6, 6.07) is 8.06.